The van der Waals surface area contributed by atoms with Crippen LogP contribution in [0.5, 0.6) is 0 Å². The van der Waals surface area contributed by atoms with Crippen molar-refractivity contribution in [3.8, 4) is 0 Å². The van der Waals surface area contributed by atoms with Crippen LogP contribution < -0.4 is 15.8 Å². The van der Waals surface area contributed by atoms with Crippen molar-refractivity contribution >= 4 is 34.0 Å². The fraction of sp³-hybridized carbons (Fsp3) is 0.586. The van der Waals surface area contributed by atoms with Gasteiger partial charge in [0.05, 0.1) is 12.6 Å². The smallest absolute Gasteiger partial charge is 0.410 e. The van der Waals surface area contributed by atoms with Gasteiger partial charge in [-0.15, -0.1) is 0 Å². The van der Waals surface area contributed by atoms with Gasteiger partial charge in [-0.1, -0.05) is 49.3 Å². The summed E-state index contributed by atoms with van der Waals surface area (Å²) in [5.41, 5.74) is 6.85. The van der Waals surface area contributed by atoms with Crippen molar-refractivity contribution in [1.29, 1.82) is 0 Å². The third-order valence-corrected chi connectivity index (χ3v) is 10.2. The second-order valence-corrected chi connectivity index (χ2v) is 13.9. The summed E-state index contributed by atoms with van der Waals surface area (Å²) in [5.74, 6) is -2.33. The van der Waals surface area contributed by atoms with Crippen LogP contribution in [0, 0.1) is 5.92 Å². The largest absolute Gasteiger partial charge is 0.444 e. The predicted molar refractivity (Wildman–Crippen MR) is 156 cm³/mol. The third-order valence-electron chi connectivity index (χ3n) is 8.75. The Morgan fingerprint density at radius 3 is 2.49 bits per heavy atom. The van der Waals surface area contributed by atoms with Crippen molar-refractivity contribution in [3.05, 3.63) is 47.5 Å². The van der Waals surface area contributed by atoms with Gasteiger partial charge in [-0.05, 0) is 36.8 Å². The summed E-state index contributed by atoms with van der Waals surface area (Å²) < 4.78 is 33.6. The normalized spacial score (nSPS) is 29.6. The molecule has 5 atom stereocenters. The maximum absolute atomic E-state index is 13.8. The molecule has 43 heavy (non-hydrogen) atoms. The summed E-state index contributed by atoms with van der Waals surface area (Å²) in [7, 11) is -1.53. The number of benzene rings is 1. The molecule has 13 nitrogen and oxygen atoms in total. The standard InChI is InChI=1S/C29H40N6O7S/c1-33(2)43(40,41)32-27(38)29-15-21(29)12-6-4-3-5-7-13-23(30)26(37)35-18-22(14-24(35)25(36)31-29)42-28(39)34-16-19-10-8-9-11-20(19)17-34/h6,8-12,21-24H,3-5,7,13-18,30H2,1-2H3,(H,31,36)(H,32,38)/t21-,22-,23+,24+,29-/m1/s1. The number of hydrogen-bond donors (Lipinski definition) is 3. The van der Waals surface area contributed by atoms with Gasteiger partial charge in [0.25, 0.3) is 5.91 Å². The second-order valence-electron chi connectivity index (χ2n) is 12.0. The highest BCUT2D eigenvalue weighted by atomic mass is 32.2. The lowest BCUT2D eigenvalue weighted by molar-refractivity contribution is -0.140. The molecular formula is C29H40N6O7S. The molecule has 0 bridgehead atoms. The monoisotopic (exact) mass is 616 g/mol. The van der Waals surface area contributed by atoms with E-state index < -0.39 is 63.7 Å². The van der Waals surface area contributed by atoms with Crippen LogP contribution >= 0.6 is 0 Å². The number of nitrogens with two attached hydrogens (primary N) is 1. The van der Waals surface area contributed by atoms with Gasteiger partial charge >= 0.3 is 16.3 Å². The highest BCUT2D eigenvalue weighted by Crippen LogP contribution is 2.45. The zero-order valence-corrected chi connectivity index (χ0v) is 25.3. The Kier molecular flexibility index (Phi) is 8.82. The van der Waals surface area contributed by atoms with Gasteiger partial charge in [-0.3, -0.25) is 19.3 Å². The number of allylic oxidation sites excluding steroid dienone is 1. The Morgan fingerprint density at radius 2 is 1.81 bits per heavy atom. The zero-order valence-electron chi connectivity index (χ0n) is 24.5. The minimum atomic E-state index is -4.11. The number of nitrogens with one attached hydrogen (secondary N) is 2. The summed E-state index contributed by atoms with van der Waals surface area (Å²) in [5, 5.41) is 2.78. The van der Waals surface area contributed by atoms with Crippen LogP contribution in [0.15, 0.2) is 36.4 Å². The van der Waals surface area contributed by atoms with E-state index in [1.807, 2.05) is 36.4 Å². The fourth-order valence-corrected chi connectivity index (χ4v) is 6.64. The first-order valence-electron chi connectivity index (χ1n) is 14.7. The van der Waals surface area contributed by atoms with Gasteiger partial charge < -0.3 is 20.7 Å². The SMILES string of the molecule is CN(C)S(=O)(=O)NC(=O)[C@@]12C[C@H]1C=CCCCCC[C@H](N)C(=O)N1C[C@H](OC(=O)N3Cc4ccccc4C3)C[C@H]1C(=O)N2. The average molecular weight is 617 g/mol. The lowest BCUT2D eigenvalue weighted by atomic mass is 10.1. The van der Waals surface area contributed by atoms with E-state index in [2.05, 4.69) is 10.0 Å². The maximum Gasteiger partial charge on any atom is 0.410 e. The quantitative estimate of drug-likeness (QED) is 0.416. The van der Waals surface area contributed by atoms with Crippen LogP contribution in [0.4, 0.5) is 4.79 Å². The van der Waals surface area contributed by atoms with Gasteiger partial charge in [-0.25, -0.2) is 9.52 Å². The van der Waals surface area contributed by atoms with Gasteiger partial charge in [0.2, 0.25) is 11.8 Å². The van der Waals surface area contributed by atoms with E-state index in [1.54, 1.807) is 4.90 Å². The number of carbonyl (C=O) groups is 4. The highest BCUT2D eigenvalue weighted by Gasteiger charge is 2.61. The molecule has 3 heterocycles. The first kappa shape index (κ1) is 31.0. The van der Waals surface area contributed by atoms with Crippen LogP contribution in [0.2, 0.25) is 0 Å². The van der Waals surface area contributed by atoms with Gasteiger partial charge in [0, 0.05) is 39.5 Å². The summed E-state index contributed by atoms with van der Waals surface area (Å²) in [6.07, 6.45) is 6.31. The third kappa shape index (κ3) is 6.55. The molecule has 0 radical (unpaired) electrons. The summed E-state index contributed by atoms with van der Waals surface area (Å²) >= 11 is 0. The summed E-state index contributed by atoms with van der Waals surface area (Å²) in [6.45, 7) is 0.789. The molecule has 1 saturated carbocycles. The number of ether oxygens (including phenoxy) is 1. The molecule has 14 heteroatoms. The molecule has 4 aliphatic rings. The van der Waals surface area contributed by atoms with Crippen LogP contribution in [-0.4, -0.2) is 90.7 Å². The number of carbonyl (C=O) groups excluding carboxylic acids is 4. The van der Waals surface area contributed by atoms with Gasteiger partial charge in [-0.2, -0.15) is 12.7 Å². The summed E-state index contributed by atoms with van der Waals surface area (Å²) in [4.78, 5) is 56.7. The molecule has 234 valence electrons. The molecule has 2 fully saturated rings. The average Bonchev–Trinajstić information content (AvgIpc) is 3.28. The number of nitrogens with zero attached hydrogens (tertiary/aromatic N) is 3. The minimum absolute atomic E-state index is 0.0189. The molecule has 0 aromatic heterocycles. The Balaban J connectivity index is 1.35. The van der Waals surface area contributed by atoms with E-state index >= 15 is 0 Å². The number of hydrogen-bond acceptors (Lipinski definition) is 8. The fourth-order valence-electron chi connectivity index (χ4n) is 6.04. The van der Waals surface area contributed by atoms with Crippen molar-refractivity contribution in [3.63, 3.8) is 0 Å². The molecule has 4 N–H and O–H groups in total. The second kappa shape index (κ2) is 12.2. The molecular weight excluding hydrogens is 576 g/mol. The first-order valence-corrected chi connectivity index (χ1v) is 16.2. The molecule has 4 amide bonds. The lowest BCUT2D eigenvalue weighted by Crippen LogP contribution is -2.58. The Bertz CT molecular complexity index is 1390. The molecule has 0 spiro atoms. The number of rotatable bonds is 4. The van der Waals surface area contributed by atoms with Crippen LogP contribution in [0.25, 0.3) is 0 Å². The maximum atomic E-state index is 13.8. The first-order chi connectivity index (χ1) is 20.4. The van der Waals surface area contributed by atoms with Crippen molar-refractivity contribution in [1.82, 2.24) is 24.1 Å². The van der Waals surface area contributed by atoms with Crippen molar-refractivity contribution in [2.75, 3.05) is 20.6 Å². The van der Waals surface area contributed by atoms with Crippen molar-refractivity contribution in [2.45, 2.75) is 81.8 Å². The molecule has 1 aliphatic carbocycles. The van der Waals surface area contributed by atoms with E-state index in [0.29, 0.717) is 19.5 Å². The van der Waals surface area contributed by atoms with Crippen LogP contribution in [0.3, 0.4) is 0 Å². The van der Waals surface area contributed by atoms with Gasteiger partial charge in [0.15, 0.2) is 0 Å². The summed E-state index contributed by atoms with van der Waals surface area (Å²) in [6, 6.07) is 5.83. The van der Waals surface area contributed by atoms with Crippen LogP contribution in [-0.2, 0) is 42.4 Å². The van der Waals surface area contributed by atoms with E-state index in [-0.39, 0.29) is 19.4 Å². The minimum Gasteiger partial charge on any atom is -0.444 e. The predicted octanol–water partition coefficient (Wildman–Crippen LogP) is 0.753. The van der Waals surface area contributed by atoms with E-state index in [9.17, 15) is 27.6 Å². The Morgan fingerprint density at radius 1 is 1.12 bits per heavy atom. The molecule has 0 unspecified atom stereocenters. The van der Waals surface area contributed by atoms with Crippen molar-refractivity contribution in [2.24, 2.45) is 11.7 Å². The lowest BCUT2D eigenvalue weighted by Gasteiger charge is -2.28. The molecule has 1 saturated heterocycles. The van der Waals surface area contributed by atoms with Crippen LogP contribution in [0.1, 0.15) is 56.1 Å². The molecule has 1 aromatic rings. The Labute approximate surface area is 251 Å². The van der Waals surface area contributed by atoms with E-state index in [0.717, 1.165) is 41.1 Å². The highest BCUT2D eigenvalue weighted by molar-refractivity contribution is 7.87. The van der Waals surface area contributed by atoms with Gasteiger partial charge in [0.1, 0.15) is 17.7 Å². The van der Waals surface area contributed by atoms with Crippen molar-refractivity contribution < 1.29 is 32.3 Å². The Hall–Kier alpha value is -3.49. The topological polar surface area (TPSA) is 171 Å². The number of amides is 4. The van der Waals surface area contributed by atoms with E-state index in [4.69, 9.17) is 10.5 Å². The van der Waals surface area contributed by atoms with E-state index in [1.165, 1.54) is 19.0 Å². The number of fused-ring (bicyclic) bond motifs is 3. The molecule has 3 aliphatic heterocycles. The molecule has 5 rings (SSSR count). The zero-order chi connectivity index (χ0) is 30.9. The molecule has 1 aromatic carbocycles.